The van der Waals surface area contributed by atoms with Crippen LogP contribution in [0.1, 0.15) is 31.9 Å². The second kappa shape index (κ2) is 3.95. The minimum Gasteiger partial charge on any atom is -0.396 e. The van der Waals surface area contributed by atoms with Crippen LogP contribution in [0.5, 0.6) is 0 Å². The van der Waals surface area contributed by atoms with E-state index in [2.05, 4.69) is 44.0 Å². The minimum absolute atomic E-state index is 0.140. The molecule has 0 radical (unpaired) electrons. The molecule has 86 valence electrons. The van der Waals surface area contributed by atoms with E-state index in [0.29, 0.717) is 6.42 Å². The van der Waals surface area contributed by atoms with Crippen LogP contribution in [0.25, 0.3) is 10.9 Å². The summed E-state index contributed by atoms with van der Waals surface area (Å²) >= 11 is 0. The van der Waals surface area contributed by atoms with Crippen molar-refractivity contribution in [3.8, 4) is 0 Å². The van der Waals surface area contributed by atoms with Crippen molar-refractivity contribution in [1.82, 2.24) is 4.98 Å². The standard InChI is InChI=1S/C14H19NO/c1-14(2,3)12-6-4-5-11-10(7-8-16)9-15-13(11)12/h4-6,9,15-16H,7-8H2,1-3H3. The average molecular weight is 217 g/mol. The van der Waals surface area contributed by atoms with Crippen LogP contribution in [0.3, 0.4) is 0 Å². The van der Waals surface area contributed by atoms with Gasteiger partial charge in [0.2, 0.25) is 0 Å². The Bertz CT molecular complexity index is 491. The first-order valence-corrected chi connectivity index (χ1v) is 5.74. The van der Waals surface area contributed by atoms with Crippen molar-refractivity contribution < 1.29 is 5.11 Å². The third-order valence-electron chi connectivity index (χ3n) is 2.99. The summed E-state index contributed by atoms with van der Waals surface area (Å²) in [5, 5.41) is 10.3. The number of nitrogens with one attached hydrogen (secondary N) is 1. The van der Waals surface area contributed by atoms with Crippen molar-refractivity contribution in [3.05, 3.63) is 35.5 Å². The van der Waals surface area contributed by atoms with Crippen molar-refractivity contribution in [1.29, 1.82) is 0 Å². The molecule has 1 aromatic heterocycles. The Balaban J connectivity index is 2.62. The van der Waals surface area contributed by atoms with Gasteiger partial charge < -0.3 is 10.1 Å². The molecular formula is C14H19NO. The van der Waals surface area contributed by atoms with Gasteiger partial charge in [0.05, 0.1) is 0 Å². The smallest absolute Gasteiger partial charge is 0.0494 e. The molecule has 0 saturated heterocycles. The molecule has 1 heterocycles. The van der Waals surface area contributed by atoms with Crippen molar-refractivity contribution >= 4 is 10.9 Å². The Morgan fingerprint density at radius 3 is 2.62 bits per heavy atom. The van der Waals surface area contributed by atoms with E-state index in [0.717, 1.165) is 0 Å². The summed E-state index contributed by atoms with van der Waals surface area (Å²) < 4.78 is 0. The van der Waals surface area contributed by atoms with Gasteiger partial charge in [-0.15, -0.1) is 0 Å². The molecule has 2 rings (SSSR count). The number of H-pyrrole nitrogens is 1. The zero-order valence-corrected chi connectivity index (χ0v) is 10.2. The maximum atomic E-state index is 9.01. The van der Waals surface area contributed by atoms with Crippen LogP contribution in [0.15, 0.2) is 24.4 Å². The number of fused-ring (bicyclic) bond motifs is 1. The number of benzene rings is 1. The Morgan fingerprint density at radius 1 is 1.25 bits per heavy atom. The summed E-state index contributed by atoms with van der Waals surface area (Å²) in [4.78, 5) is 3.34. The van der Waals surface area contributed by atoms with Crippen LogP contribution in [-0.2, 0) is 11.8 Å². The van der Waals surface area contributed by atoms with Crippen LogP contribution in [0.4, 0.5) is 0 Å². The monoisotopic (exact) mass is 217 g/mol. The van der Waals surface area contributed by atoms with Gasteiger partial charge in [0, 0.05) is 23.7 Å². The van der Waals surface area contributed by atoms with Gasteiger partial charge in [-0.2, -0.15) is 0 Å². The lowest BCUT2D eigenvalue weighted by Gasteiger charge is -2.19. The van der Waals surface area contributed by atoms with Gasteiger partial charge in [0.1, 0.15) is 0 Å². The van der Waals surface area contributed by atoms with Crippen LogP contribution in [-0.4, -0.2) is 16.7 Å². The molecule has 0 unspecified atom stereocenters. The highest BCUT2D eigenvalue weighted by molar-refractivity contribution is 5.86. The van der Waals surface area contributed by atoms with Gasteiger partial charge >= 0.3 is 0 Å². The molecule has 2 nitrogen and oxygen atoms in total. The van der Waals surface area contributed by atoms with E-state index >= 15 is 0 Å². The van der Waals surface area contributed by atoms with Crippen molar-refractivity contribution in [2.75, 3.05) is 6.61 Å². The summed E-state index contributed by atoms with van der Waals surface area (Å²) in [6, 6.07) is 6.38. The van der Waals surface area contributed by atoms with Gasteiger partial charge in [-0.1, -0.05) is 39.0 Å². The number of aromatic amines is 1. The number of para-hydroxylation sites is 1. The van der Waals surface area contributed by atoms with Crippen molar-refractivity contribution in [2.24, 2.45) is 0 Å². The lowest BCUT2D eigenvalue weighted by atomic mass is 9.85. The Labute approximate surface area is 96.3 Å². The van der Waals surface area contributed by atoms with Crippen molar-refractivity contribution in [2.45, 2.75) is 32.6 Å². The van der Waals surface area contributed by atoms with Crippen LogP contribution in [0, 0.1) is 0 Å². The fourth-order valence-electron chi connectivity index (χ4n) is 2.16. The number of hydrogen-bond acceptors (Lipinski definition) is 1. The van der Waals surface area contributed by atoms with Gasteiger partial charge in [0.15, 0.2) is 0 Å². The zero-order chi connectivity index (χ0) is 11.8. The van der Waals surface area contributed by atoms with E-state index < -0.39 is 0 Å². The molecule has 0 aliphatic carbocycles. The topological polar surface area (TPSA) is 36.0 Å². The molecule has 0 amide bonds. The predicted molar refractivity (Wildman–Crippen MR) is 67.8 cm³/mol. The first kappa shape index (κ1) is 11.2. The van der Waals surface area contributed by atoms with Crippen LogP contribution < -0.4 is 0 Å². The summed E-state index contributed by atoms with van der Waals surface area (Å²) in [5.74, 6) is 0. The molecule has 0 atom stereocenters. The van der Waals surface area contributed by atoms with Crippen molar-refractivity contribution in [3.63, 3.8) is 0 Å². The number of rotatable bonds is 2. The van der Waals surface area contributed by atoms with Gasteiger partial charge in [-0.05, 0) is 23.0 Å². The fourth-order valence-corrected chi connectivity index (χ4v) is 2.16. The highest BCUT2D eigenvalue weighted by Gasteiger charge is 2.18. The zero-order valence-electron chi connectivity index (χ0n) is 10.2. The van der Waals surface area contributed by atoms with Gasteiger partial charge in [-0.25, -0.2) is 0 Å². The summed E-state index contributed by atoms with van der Waals surface area (Å²) in [6.45, 7) is 6.85. The largest absolute Gasteiger partial charge is 0.396 e. The maximum absolute atomic E-state index is 9.01. The quantitative estimate of drug-likeness (QED) is 0.797. The first-order valence-electron chi connectivity index (χ1n) is 5.74. The number of aromatic nitrogens is 1. The number of aliphatic hydroxyl groups is 1. The molecule has 2 N–H and O–H groups in total. The second-order valence-electron chi connectivity index (χ2n) is 5.27. The van der Waals surface area contributed by atoms with E-state index in [9.17, 15) is 0 Å². The molecular weight excluding hydrogens is 198 g/mol. The Kier molecular flexibility index (Phi) is 2.76. The third-order valence-corrected chi connectivity index (χ3v) is 2.99. The summed E-state index contributed by atoms with van der Waals surface area (Å²) in [6.07, 6.45) is 2.73. The minimum atomic E-state index is 0.140. The van der Waals surface area contributed by atoms with E-state index in [-0.39, 0.29) is 12.0 Å². The second-order valence-corrected chi connectivity index (χ2v) is 5.27. The number of aliphatic hydroxyl groups excluding tert-OH is 1. The number of hydrogen-bond donors (Lipinski definition) is 2. The predicted octanol–water partition coefficient (Wildman–Crippen LogP) is 3.00. The lowest BCUT2D eigenvalue weighted by molar-refractivity contribution is 0.300. The van der Waals surface area contributed by atoms with Gasteiger partial charge in [0.25, 0.3) is 0 Å². The molecule has 0 saturated carbocycles. The molecule has 0 aliphatic heterocycles. The van der Waals surface area contributed by atoms with Crippen LogP contribution in [0.2, 0.25) is 0 Å². The summed E-state index contributed by atoms with van der Waals surface area (Å²) in [5.41, 5.74) is 3.87. The Morgan fingerprint density at radius 2 is 2.00 bits per heavy atom. The SMILES string of the molecule is CC(C)(C)c1cccc2c(CCO)c[nH]c12. The highest BCUT2D eigenvalue weighted by atomic mass is 16.2. The molecule has 0 bridgehead atoms. The van der Waals surface area contributed by atoms with E-state index in [1.807, 2.05) is 6.20 Å². The molecule has 16 heavy (non-hydrogen) atoms. The summed E-state index contributed by atoms with van der Waals surface area (Å²) in [7, 11) is 0. The third kappa shape index (κ3) is 1.85. The van der Waals surface area contributed by atoms with Crippen LogP contribution >= 0.6 is 0 Å². The molecule has 0 aliphatic rings. The molecule has 0 spiro atoms. The van der Waals surface area contributed by atoms with E-state index in [4.69, 9.17) is 5.11 Å². The molecule has 0 fully saturated rings. The van der Waals surface area contributed by atoms with E-state index in [1.54, 1.807) is 0 Å². The fraction of sp³-hybridized carbons (Fsp3) is 0.429. The molecule has 1 aromatic carbocycles. The van der Waals surface area contributed by atoms with Gasteiger partial charge in [-0.3, -0.25) is 0 Å². The lowest BCUT2D eigenvalue weighted by Crippen LogP contribution is -2.11. The molecule has 2 heteroatoms. The Hall–Kier alpha value is -1.28. The first-order chi connectivity index (χ1) is 7.54. The highest BCUT2D eigenvalue weighted by Crippen LogP contribution is 2.30. The normalized spacial score (nSPS) is 12.2. The maximum Gasteiger partial charge on any atom is 0.0494 e. The average Bonchev–Trinajstić information content (AvgIpc) is 2.61. The molecule has 2 aromatic rings. The van der Waals surface area contributed by atoms with E-state index in [1.165, 1.54) is 22.0 Å².